The molecule has 0 aliphatic heterocycles. The maximum Gasteiger partial charge on any atom is 0.352 e. The zero-order valence-electron chi connectivity index (χ0n) is 15.3. The lowest BCUT2D eigenvalue weighted by atomic mass is 10.1. The Morgan fingerprint density at radius 1 is 1.10 bits per heavy atom. The van der Waals surface area contributed by atoms with Gasteiger partial charge in [-0.3, -0.25) is 0 Å². The van der Waals surface area contributed by atoms with Gasteiger partial charge in [0.15, 0.2) is 15.5 Å². The van der Waals surface area contributed by atoms with Crippen LogP contribution in [0.15, 0.2) is 71.8 Å². The Morgan fingerprint density at radius 2 is 1.77 bits per heavy atom. The Morgan fingerprint density at radius 3 is 2.40 bits per heavy atom. The molecule has 30 heavy (non-hydrogen) atoms. The topological polar surface area (TPSA) is 115 Å². The van der Waals surface area contributed by atoms with Crippen molar-refractivity contribution < 1.29 is 18.4 Å². The summed E-state index contributed by atoms with van der Waals surface area (Å²) in [7, 11) is -3.86. The van der Waals surface area contributed by atoms with Crippen LogP contribution in [0.4, 0.5) is 5.82 Å². The maximum absolute atomic E-state index is 12.8. The van der Waals surface area contributed by atoms with Crippen molar-refractivity contribution in [2.45, 2.75) is 10.6 Å². The first-order chi connectivity index (χ1) is 14.3. The summed E-state index contributed by atoms with van der Waals surface area (Å²) in [6.45, 7) is 0. The minimum Gasteiger partial charge on any atom is -0.508 e. The normalized spacial score (nSPS) is 11.6. The van der Waals surface area contributed by atoms with E-state index in [-0.39, 0.29) is 27.0 Å². The van der Waals surface area contributed by atoms with Gasteiger partial charge in [-0.2, -0.15) is 4.40 Å². The number of hydrogen-bond donors (Lipinski definition) is 1. The van der Waals surface area contributed by atoms with E-state index in [4.69, 9.17) is 11.6 Å². The Hall–Kier alpha value is -3.43. The number of rotatable bonds is 5. The quantitative estimate of drug-likeness (QED) is 0.364. The number of aromatic hydroxyl groups is 1. The molecular formula is C20H14ClN3O5S. The summed E-state index contributed by atoms with van der Waals surface area (Å²) in [6.07, 6.45) is 1.32. The van der Waals surface area contributed by atoms with E-state index in [1.165, 1.54) is 34.9 Å². The molecule has 0 atom stereocenters. The standard InChI is InChI=1S/C20H14ClN3O5S/c21-14-10-17(13-6-8-15(25)9-7-13)19-22-18(20(24(26)27)23(19)11-14)12-30(28,29)16-4-2-1-3-5-16/h1-11,25H,12H2. The van der Waals surface area contributed by atoms with E-state index in [9.17, 15) is 23.6 Å². The zero-order valence-corrected chi connectivity index (χ0v) is 16.8. The van der Waals surface area contributed by atoms with Crippen LogP contribution in [0.1, 0.15) is 5.69 Å². The Balaban J connectivity index is 1.93. The first-order valence-electron chi connectivity index (χ1n) is 8.68. The van der Waals surface area contributed by atoms with Crippen LogP contribution in [0.3, 0.4) is 0 Å². The van der Waals surface area contributed by atoms with Crippen LogP contribution in [0.5, 0.6) is 5.75 Å². The summed E-state index contributed by atoms with van der Waals surface area (Å²) < 4.78 is 26.8. The average molecular weight is 444 g/mol. The number of hydrogen-bond acceptors (Lipinski definition) is 6. The second-order valence-corrected chi connectivity index (χ2v) is 8.95. The lowest BCUT2D eigenvalue weighted by molar-refractivity contribution is -0.391. The summed E-state index contributed by atoms with van der Waals surface area (Å²) in [6, 6.07) is 15.4. The molecule has 0 saturated heterocycles. The third-order valence-electron chi connectivity index (χ3n) is 4.51. The molecule has 8 nitrogen and oxygen atoms in total. The second-order valence-electron chi connectivity index (χ2n) is 6.52. The molecule has 2 aromatic heterocycles. The molecule has 0 bridgehead atoms. The van der Waals surface area contributed by atoms with Gasteiger partial charge >= 0.3 is 5.82 Å². The lowest BCUT2D eigenvalue weighted by Crippen LogP contribution is -2.07. The van der Waals surface area contributed by atoms with Crippen LogP contribution in [0.2, 0.25) is 5.02 Å². The van der Waals surface area contributed by atoms with E-state index < -0.39 is 26.3 Å². The summed E-state index contributed by atoms with van der Waals surface area (Å²) in [5.41, 5.74) is 1.08. The number of phenols is 1. The fourth-order valence-corrected chi connectivity index (χ4v) is 4.68. The number of halogens is 1. The number of imidazole rings is 1. The van der Waals surface area contributed by atoms with Gasteiger partial charge in [0.25, 0.3) is 0 Å². The molecule has 0 saturated carbocycles. The zero-order chi connectivity index (χ0) is 21.5. The highest BCUT2D eigenvalue weighted by Gasteiger charge is 2.29. The lowest BCUT2D eigenvalue weighted by Gasteiger charge is -2.03. The van der Waals surface area contributed by atoms with Crippen molar-refractivity contribution in [1.29, 1.82) is 0 Å². The van der Waals surface area contributed by atoms with Crippen LogP contribution in [-0.4, -0.2) is 27.8 Å². The minimum absolute atomic E-state index is 0.0492. The van der Waals surface area contributed by atoms with Gasteiger partial charge in [-0.15, -0.1) is 0 Å². The Labute approximate surface area is 176 Å². The van der Waals surface area contributed by atoms with E-state index >= 15 is 0 Å². The van der Waals surface area contributed by atoms with Gasteiger partial charge < -0.3 is 15.2 Å². The number of nitrogens with zero attached hydrogens (tertiary/aromatic N) is 3. The fourth-order valence-electron chi connectivity index (χ4n) is 3.18. The summed E-state index contributed by atoms with van der Waals surface area (Å²) in [5, 5.41) is 21.5. The van der Waals surface area contributed by atoms with Gasteiger partial charge in [-0.05, 0) is 40.8 Å². The molecule has 4 rings (SSSR count). The third-order valence-corrected chi connectivity index (χ3v) is 6.36. The van der Waals surface area contributed by atoms with Crippen molar-refractivity contribution in [2.75, 3.05) is 0 Å². The molecule has 10 heteroatoms. The molecule has 0 radical (unpaired) electrons. The summed E-state index contributed by atoms with van der Waals surface area (Å²) in [4.78, 5) is 15.5. The maximum atomic E-state index is 12.8. The van der Waals surface area contributed by atoms with Gasteiger partial charge in [-0.25, -0.2) is 13.4 Å². The van der Waals surface area contributed by atoms with Gasteiger partial charge in [0.05, 0.1) is 15.5 Å². The molecule has 2 aromatic carbocycles. The molecule has 0 aliphatic rings. The molecule has 0 amide bonds. The monoisotopic (exact) mass is 443 g/mol. The molecule has 2 heterocycles. The van der Waals surface area contributed by atoms with Crippen molar-refractivity contribution in [2.24, 2.45) is 0 Å². The first-order valence-corrected chi connectivity index (χ1v) is 10.7. The van der Waals surface area contributed by atoms with Crippen molar-refractivity contribution in [3.8, 4) is 16.9 Å². The molecule has 152 valence electrons. The van der Waals surface area contributed by atoms with E-state index in [2.05, 4.69) is 4.98 Å². The van der Waals surface area contributed by atoms with Crippen LogP contribution in [0, 0.1) is 10.1 Å². The van der Waals surface area contributed by atoms with Gasteiger partial charge in [0.1, 0.15) is 17.7 Å². The second kappa shape index (κ2) is 7.43. The van der Waals surface area contributed by atoms with Gasteiger partial charge in [-0.1, -0.05) is 41.9 Å². The van der Waals surface area contributed by atoms with Crippen LogP contribution >= 0.6 is 11.6 Å². The number of benzene rings is 2. The van der Waals surface area contributed by atoms with E-state index in [0.29, 0.717) is 11.1 Å². The number of sulfone groups is 1. The predicted octanol–water partition coefficient (Wildman–Crippen LogP) is 4.24. The van der Waals surface area contributed by atoms with Gasteiger partial charge in [0, 0.05) is 0 Å². The van der Waals surface area contributed by atoms with E-state index in [1.54, 1.807) is 36.4 Å². The van der Waals surface area contributed by atoms with Crippen molar-refractivity contribution >= 4 is 32.9 Å². The minimum atomic E-state index is -3.86. The summed E-state index contributed by atoms with van der Waals surface area (Å²) >= 11 is 6.18. The average Bonchev–Trinajstić information content (AvgIpc) is 3.05. The highest BCUT2D eigenvalue weighted by Crippen LogP contribution is 2.33. The smallest absolute Gasteiger partial charge is 0.352 e. The molecule has 4 aromatic rings. The van der Waals surface area contributed by atoms with Gasteiger partial charge in [0.2, 0.25) is 5.65 Å². The van der Waals surface area contributed by atoms with Crippen molar-refractivity contribution in [3.05, 3.63) is 87.7 Å². The van der Waals surface area contributed by atoms with Crippen molar-refractivity contribution in [1.82, 2.24) is 9.38 Å². The summed E-state index contributed by atoms with van der Waals surface area (Å²) in [5.74, 6) is -1.05. The van der Waals surface area contributed by atoms with E-state index in [1.807, 2.05) is 0 Å². The predicted molar refractivity (Wildman–Crippen MR) is 111 cm³/mol. The molecule has 0 spiro atoms. The fraction of sp³-hybridized carbons (Fsp3) is 0.0500. The highest BCUT2D eigenvalue weighted by atomic mass is 35.5. The SMILES string of the molecule is O=[N+]([O-])c1c(CS(=O)(=O)c2ccccc2)nc2c(-c3ccc(O)cc3)cc(Cl)cn12. The highest BCUT2D eigenvalue weighted by molar-refractivity contribution is 7.90. The number of fused-ring (bicyclic) bond motifs is 1. The first kappa shape index (κ1) is 19.9. The number of pyridine rings is 1. The van der Waals surface area contributed by atoms with E-state index in [0.717, 1.165) is 0 Å². The van der Waals surface area contributed by atoms with Crippen LogP contribution in [0.25, 0.3) is 16.8 Å². The van der Waals surface area contributed by atoms with Crippen LogP contribution in [-0.2, 0) is 15.6 Å². The number of nitro groups is 1. The molecule has 0 fully saturated rings. The molecular weight excluding hydrogens is 430 g/mol. The molecule has 0 aliphatic carbocycles. The Bertz CT molecular complexity index is 1370. The molecule has 1 N–H and O–H groups in total. The third kappa shape index (κ3) is 3.60. The van der Waals surface area contributed by atoms with Crippen molar-refractivity contribution in [3.63, 3.8) is 0 Å². The largest absolute Gasteiger partial charge is 0.508 e. The number of phenolic OH excluding ortho intramolecular Hbond substituents is 1. The number of aromatic nitrogens is 2. The van der Waals surface area contributed by atoms with Crippen LogP contribution < -0.4 is 0 Å². The molecule has 0 unspecified atom stereocenters. The Kier molecular flexibility index (Phi) is 4.92.